The molecule has 2 aromatic carbocycles. The lowest BCUT2D eigenvalue weighted by atomic mass is 10.1. The van der Waals surface area contributed by atoms with Crippen LogP contribution >= 0.6 is 0 Å². The molecule has 172 valence electrons. The number of ether oxygens (including phenoxy) is 2. The number of aromatic nitrogens is 1. The fourth-order valence-corrected chi connectivity index (χ4v) is 3.47. The van der Waals surface area contributed by atoms with Crippen molar-refractivity contribution in [2.45, 2.75) is 59.0 Å². The van der Waals surface area contributed by atoms with Crippen LogP contribution in [0.5, 0.6) is 11.5 Å². The van der Waals surface area contributed by atoms with Crippen LogP contribution in [0.4, 0.5) is 0 Å². The third-order valence-corrected chi connectivity index (χ3v) is 5.13. The number of carbonyl (C=O) groups is 1. The van der Waals surface area contributed by atoms with Crippen molar-refractivity contribution in [2.24, 2.45) is 0 Å². The van der Waals surface area contributed by atoms with Crippen LogP contribution in [0.25, 0.3) is 11.1 Å². The number of carbonyl (C=O) groups excluding carboxylic acids is 1. The average molecular weight is 441 g/mol. The molecule has 0 bridgehead atoms. The molecule has 1 unspecified atom stereocenters. The standard InChI is InChI=1S/C25H32N2O5/c1-4-15-30-22-13-12-19(17-23(22)31-16-5-2)18(3)26-24(28)11-8-14-27-20-9-6-7-10-21(20)32-25(27)29/h6-7,9-10,12-13,17-18H,4-5,8,11,14-16H2,1-3H3,(H,26,28). The molecule has 1 N–H and O–H groups in total. The molecule has 0 radical (unpaired) electrons. The van der Waals surface area contributed by atoms with Crippen molar-refractivity contribution < 1.29 is 18.7 Å². The summed E-state index contributed by atoms with van der Waals surface area (Å²) in [5, 5.41) is 3.03. The minimum absolute atomic E-state index is 0.0688. The van der Waals surface area contributed by atoms with Crippen molar-refractivity contribution in [3.8, 4) is 11.5 Å². The maximum Gasteiger partial charge on any atom is 0.419 e. The number of hydrogen-bond donors (Lipinski definition) is 1. The van der Waals surface area contributed by atoms with Gasteiger partial charge in [0.1, 0.15) is 0 Å². The molecule has 0 aliphatic heterocycles. The topological polar surface area (TPSA) is 82.7 Å². The van der Waals surface area contributed by atoms with Gasteiger partial charge in [0.25, 0.3) is 0 Å². The van der Waals surface area contributed by atoms with Crippen LogP contribution in [0.1, 0.15) is 58.1 Å². The lowest BCUT2D eigenvalue weighted by Gasteiger charge is -2.18. The average Bonchev–Trinajstić information content (AvgIpc) is 3.11. The molecule has 0 aliphatic carbocycles. The fraction of sp³-hybridized carbons (Fsp3) is 0.440. The smallest absolute Gasteiger partial charge is 0.419 e. The Bertz CT molecular complexity index is 1090. The van der Waals surface area contributed by atoms with Gasteiger partial charge in [-0.3, -0.25) is 9.36 Å². The molecule has 1 amide bonds. The maximum absolute atomic E-state index is 12.5. The van der Waals surface area contributed by atoms with E-state index in [0.29, 0.717) is 43.9 Å². The number of aryl methyl sites for hydroxylation is 1. The predicted molar refractivity (Wildman–Crippen MR) is 124 cm³/mol. The maximum atomic E-state index is 12.5. The van der Waals surface area contributed by atoms with Gasteiger partial charge in [-0.1, -0.05) is 32.0 Å². The number of nitrogens with zero attached hydrogens (tertiary/aromatic N) is 1. The molecule has 0 spiro atoms. The number of rotatable bonds is 12. The van der Waals surface area contributed by atoms with Crippen LogP contribution in [-0.2, 0) is 11.3 Å². The normalized spacial score (nSPS) is 12.0. The summed E-state index contributed by atoms with van der Waals surface area (Å²) >= 11 is 0. The van der Waals surface area contributed by atoms with E-state index in [4.69, 9.17) is 13.9 Å². The van der Waals surface area contributed by atoms with Gasteiger partial charge in [0.05, 0.1) is 24.8 Å². The molecule has 0 fully saturated rings. The molecular weight excluding hydrogens is 408 g/mol. The van der Waals surface area contributed by atoms with E-state index in [9.17, 15) is 9.59 Å². The Balaban J connectivity index is 1.57. The first-order valence-electron chi connectivity index (χ1n) is 11.3. The molecule has 0 aliphatic rings. The van der Waals surface area contributed by atoms with E-state index in [1.807, 2.05) is 43.3 Å². The van der Waals surface area contributed by atoms with Gasteiger partial charge in [0, 0.05) is 13.0 Å². The predicted octanol–water partition coefficient (Wildman–Crippen LogP) is 4.83. The van der Waals surface area contributed by atoms with Gasteiger partial charge in [-0.15, -0.1) is 0 Å². The summed E-state index contributed by atoms with van der Waals surface area (Å²) in [4.78, 5) is 24.5. The van der Waals surface area contributed by atoms with Crippen LogP contribution in [0.2, 0.25) is 0 Å². The Kier molecular flexibility index (Phi) is 8.36. The number of fused-ring (bicyclic) bond motifs is 1. The molecule has 7 nitrogen and oxygen atoms in total. The van der Waals surface area contributed by atoms with Gasteiger partial charge < -0.3 is 19.2 Å². The molecule has 0 saturated carbocycles. The van der Waals surface area contributed by atoms with Crippen LogP contribution in [0.3, 0.4) is 0 Å². The van der Waals surface area contributed by atoms with E-state index in [0.717, 1.165) is 29.7 Å². The van der Waals surface area contributed by atoms with E-state index in [1.54, 1.807) is 10.6 Å². The Hall–Kier alpha value is -3.22. The van der Waals surface area contributed by atoms with Crippen molar-refractivity contribution in [3.63, 3.8) is 0 Å². The van der Waals surface area contributed by atoms with Gasteiger partial charge in [0.2, 0.25) is 5.91 Å². The van der Waals surface area contributed by atoms with E-state index < -0.39 is 5.76 Å². The second-order valence-electron chi connectivity index (χ2n) is 7.78. The lowest BCUT2D eigenvalue weighted by molar-refractivity contribution is -0.121. The molecule has 1 aromatic heterocycles. The third kappa shape index (κ3) is 5.93. The van der Waals surface area contributed by atoms with Gasteiger partial charge in [-0.25, -0.2) is 4.79 Å². The van der Waals surface area contributed by atoms with Crippen LogP contribution in [0, 0.1) is 0 Å². The summed E-state index contributed by atoms with van der Waals surface area (Å²) in [7, 11) is 0. The zero-order valence-corrected chi connectivity index (χ0v) is 19.1. The van der Waals surface area contributed by atoms with Gasteiger partial charge in [-0.05, 0) is 56.0 Å². The number of para-hydroxylation sites is 2. The Labute approximate surface area is 188 Å². The SMILES string of the molecule is CCCOc1ccc(C(C)NC(=O)CCCn2c(=O)oc3ccccc32)cc1OCCC. The molecule has 3 rings (SSSR count). The first-order valence-corrected chi connectivity index (χ1v) is 11.3. The second kappa shape index (κ2) is 11.4. The summed E-state index contributed by atoms with van der Waals surface area (Å²) in [6.07, 6.45) is 2.67. The first-order chi connectivity index (χ1) is 15.5. The molecule has 3 aromatic rings. The third-order valence-electron chi connectivity index (χ3n) is 5.13. The minimum atomic E-state index is -0.398. The summed E-state index contributed by atoms with van der Waals surface area (Å²) in [5.41, 5.74) is 2.25. The second-order valence-corrected chi connectivity index (χ2v) is 7.78. The summed E-state index contributed by atoms with van der Waals surface area (Å²) < 4.78 is 18.4. The highest BCUT2D eigenvalue weighted by Gasteiger charge is 2.14. The summed E-state index contributed by atoms with van der Waals surface area (Å²) in [6, 6.07) is 12.9. The highest BCUT2D eigenvalue weighted by atomic mass is 16.5. The van der Waals surface area contributed by atoms with Crippen molar-refractivity contribution >= 4 is 17.0 Å². The van der Waals surface area contributed by atoms with Crippen molar-refractivity contribution in [1.29, 1.82) is 0 Å². The van der Waals surface area contributed by atoms with Gasteiger partial charge in [-0.2, -0.15) is 0 Å². The highest BCUT2D eigenvalue weighted by molar-refractivity contribution is 5.76. The van der Waals surface area contributed by atoms with E-state index in [2.05, 4.69) is 19.2 Å². The first kappa shape index (κ1) is 23.4. The monoisotopic (exact) mass is 440 g/mol. The van der Waals surface area contributed by atoms with Crippen molar-refractivity contribution in [1.82, 2.24) is 9.88 Å². The van der Waals surface area contributed by atoms with Crippen LogP contribution in [0.15, 0.2) is 51.7 Å². The van der Waals surface area contributed by atoms with Crippen molar-refractivity contribution in [3.05, 3.63) is 58.6 Å². The highest BCUT2D eigenvalue weighted by Crippen LogP contribution is 2.31. The Morgan fingerprint density at radius 2 is 1.78 bits per heavy atom. The van der Waals surface area contributed by atoms with E-state index in [1.165, 1.54) is 0 Å². The number of benzene rings is 2. The molecule has 7 heteroatoms. The van der Waals surface area contributed by atoms with Gasteiger partial charge >= 0.3 is 5.76 Å². The van der Waals surface area contributed by atoms with Crippen LogP contribution < -0.4 is 20.5 Å². The number of nitrogens with one attached hydrogen (secondary N) is 1. The Morgan fingerprint density at radius 1 is 1.06 bits per heavy atom. The van der Waals surface area contributed by atoms with E-state index >= 15 is 0 Å². The zero-order valence-electron chi connectivity index (χ0n) is 19.1. The largest absolute Gasteiger partial charge is 0.490 e. The molecule has 1 atom stereocenters. The minimum Gasteiger partial charge on any atom is -0.490 e. The molecule has 1 heterocycles. The zero-order chi connectivity index (χ0) is 22.9. The Morgan fingerprint density at radius 3 is 2.53 bits per heavy atom. The quantitative estimate of drug-likeness (QED) is 0.436. The summed E-state index contributed by atoms with van der Waals surface area (Å²) in [5.74, 6) is 0.955. The van der Waals surface area contributed by atoms with Crippen molar-refractivity contribution in [2.75, 3.05) is 13.2 Å². The fourth-order valence-electron chi connectivity index (χ4n) is 3.47. The molecule has 32 heavy (non-hydrogen) atoms. The number of oxazole rings is 1. The number of amides is 1. The lowest BCUT2D eigenvalue weighted by Crippen LogP contribution is -2.27. The van der Waals surface area contributed by atoms with Crippen LogP contribution in [-0.4, -0.2) is 23.7 Å². The van der Waals surface area contributed by atoms with Gasteiger partial charge in [0.15, 0.2) is 17.1 Å². The number of hydrogen-bond acceptors (Lipinski definition) is 5. The molecular formula is C25H32N2O5. The summed E-state index contributed by atoms with van der Waals surface area (Å²) in [6.45, 7) is 7.72. The van der Waals surface area contributed by atoms with E-state index in [-0.39, 0.29) is 11.9 Å². The molecule has 0 saturated heterocycles.